The first-order valence-electron chi connectivity index (χ1n) is 7.59. The number of nitrogens with zero attached hydrogens (tertiary/aromatic N) is 1. The summed E-state index contributed by atoms with van der Waals surface area (Å²) in [5, 5.41) is 12.8. The van der Waals surface area contributed by atoms with Crippen LogP contribution in [0, 0.1) is 11.8 Å². The third kappa shape index (κ3) is 2.28. The van der Waals surface area contributed by atoms with Crippen molar-refractivity contribution in [3.05, 3.63) is 22.9 Å². The number of aromatic carboxylic acids is 1. The summed E-state index contributed by atoms with van der Waals surface area (Å²) in [5.41, 5.74) is 2.52. The van der Waals surface area contributed by atoms with Crippen LogP contribution in [0.15, 0.2) is 6.07 Å². The molecular weight excluding hydrogens is 252 g/mol. The second-order valence-electron chi connectivity index (χ2n) is 6.31. The average Bonchev–Trinajstić information content (AvgIpc) is 2.99. The Kier molecular flexibility index (Phi) is 3.40. The van der Waals surface area contributed by atoms with Crippen molar-refractivity contribution in [2.75, 3.05) is 5.32 Å². The molecule has 0 amide bonds. The van der Waals surface area contributed by atoms with E-state index in [1.807, 2.05) is 6.07 Å². The minimum absolute atomic E-state index is 0.331. The summed E-state index contributed by atoms with van der Waals surface area (Å²) >= 11 is 0. The van der Waals surface area contributed by atoms with Crippen LogP contribution < -0.4 is 5.32 Å². The smallest absolute Gasteiger partial charge is 0.339 e. The third-order valence-electron chi connectivity index (χ3n) is 5.07. The molecule has 0 bridgehead atoms. The minimum Gasteiger partial charge on any atom is -0.478 e. The summed E-state index contributed by atoms with van der Waals surface area (Å²) in [6, 6.07) is 2.17. The quantitative estimate of drug-likeness (QED) is 0.889. The molecule has 0 spiro atoms. The predicted molar refractivity (Wildman–Crippen MR) is 78.2 cm³/mol. The van der Waals surface area contributed by atoms with Crippen molar-refractivity contribution < 1.29 is 9.90 Å². The van der Waals surface area contributed by atoms with Gasteiger partial charge in [0.05, 0.1) is 0 Å². The van der Waals surface area contributed by atoms with E-state index in [1.165, 1.54) is 6.42 Å². The van der Waals surface area contributed by atoms with Crippen LogP contribution in [0.1, 0.15) is 54.7 Å². The van der Waals surface area contributed by atoms with Crippen molar-refractivity contribution >= 4 is 11.8 Å². The van der Waals surface area contributed by atoms with Gasteiger partial charge in [-0.25, -0.2) is 9.78 Å². The Labute approximate surface area is 119 Å². The third-order valence-corrected chi connectivity index (χ3v) is 5.07. The van der Waals surface area contributed by atoms with E-state index in [0.717, 1.165) is 36.9 Å². The molecule has 108 valence electrons. The van der Waals surface area contributed by atoms with Crippen LogP contribution in [-0.4, -0.2) is 22.1 Å². The SMILES string of the molecule is CC1CCC(Nc2nc3c(cc2C(=O)O)CCC3)C1C. The molecule has 1 aromatic heterocycles. The van der Waals surface area contributed by atoms with Gasteiger partial charge in [-0.15, -0.1) is 0 Å². The lowest BCUT2D eigenvalue weighted by Crippen LogP contribution is -2.26. The van der Waals surface area contributed by atoms with E-state index >= 15 is 0 Å². The van der Waals surface area contributed by atoms with Gasteiger partial charge in [0, 0.05) is 11.7 Å². The fraction of sp³-hybridized carbons (Fsp3) is 0.625. The van der Waals surface area contributed by atoms with Crippen LogP contribution >= 0.6 is 0 Å². The summed E-state index contributed by atoms with van der Waals surface area (Å²) in [6.45, 7) is 4.50. The number of fused-ring (bicyclic) bond motifs is 1. The molecule has 3 atom stereocenters. The van der Waals surface area contributed by atoms with Gasteiger partial charge in [-0.2, -0.15) is 0 Å². The van der Waals surface area contributed by atoms with Crippen LogP contribution in [0.4, 0.5) is 5.82 Å². The van der Waals surface area contributed by atoms with Crippen molar-refractivity contribution in [3.8, 4) is 0 Å². The highest BCUT2D eigenvalue weighted by Gasteiger charge is 2.31. The maximum atomic E-state index is 11.5. The Morgan fingerprint density at radius 2 is 2.15 bits per heavy atom. The van der Waals surface area contributed by atoms with Crippen LogP contribution in [0.2, 0.25) is 0 Å². The Hall–Kier alpha value is -1.58. The lowest BCUT2D eigenvalue weighted by Gasteiger charge is -2.21. The number of carbonyl (C=O) groups is 1. The Balaban J connectivity index is 1.90. The number of hydrogen-bond donors (Lipinski definition) is 2. The van der Waals surface area contributed by atoms with E-state index in [1.54, 1.807) is 0 Å². The first-order chi connectivity index (χ1) is 9.56. The number of pyridine rings is 1. The van der Waals surface area contributed by atoms with Gasteiger partial charge in [0.25, 0.3) is 0 Å². The molecule has 2 aliphatic carbocycles. The van der Waals surface area contributed by atoms with Gasteiger partial charge in [0.15, 0.2) is 0 Å². The van der Waals surface area contributed by atoms with Gasteiger partial charge >= 0.3 is 5.97 Å². The van der Waals surface area contributed by atoms with E-state index < -0.39 is 5.97 Å². The molecule has 20 heavy (non-hydrogen) atoms. The lowest BCUT2D eigenvalue weighted by molar-refractivity contribution is 0.0697. The zero-order valence-corrected chi connectivity index (χ0v) is 12.1. The summed E-state index contributed by atoms with van der Waals surface area (Å²) in [7, 11) is 0. The van der Waals surface area contributed by atoms with Gasteiger partial charge in [0.1, 0.15) is 11.4 Å². The molecule has 4 nitrogen and oxygen atoms in total. The van der Waals surface area contributed by atoms with Crippen molar-refractivity contribution in [2.24, 2.45) is 11.8 Å². The van der Waals surface area contributed by atoms with E-state index in [9.17, 15) is 9.90 Å². The maximum absolute atomic E-state index is 11.5. The Bertz CT molecular complexity index is 542. The standard InChI is InChI=1S/C16H22N2O2/c1-9-6-7-13(10(9)2)17-15-12(16(19)20)8-11-4-3-5-14(11)18-15/h8-10,13H,3-7H2,1-2H3,(H,17,18)(H,19,20). The molecule has 0 saturated heterocycles. The van der Waals surface area contributed by atoms with Gasteiger partial charge in [-0.3, -0.25) is 0 Å². The van der Waals surface area contributed by atoms with E-state index in [2.05, 4.69) is 24.1 Å². The molecule has 2 N–H and O–H groups in total. The monoisotopic (exact) mass is 274 g/mol. The summed E-state index contributed by atoms with van der Waals surface area (Å²) < 4.78 is 0. The average molecular weight is 274 g/mol. The number of rotatable bonds is 3. The largest absolute Gasteiger partial charge is 0.478 e. The van der Waals surface area contributed by atoms with E-state index in [0.29, 0.717) is 29.3 Å². The summed E-state index contributed by atoms with van der Waals surface area (Å²) in [6.07, 6.45) is 5.31. The highest BCUT2D eigenvalue weighted by Crippen LogP contribution is 2.34. The molecule has 1 saturated carbocycles. The maximum Gasteiger partial charge on any atom is 0.339 e. The van der Waals surface area contributed by atoms with Crippen molar-refractivity contribution in [1.82, 2.24) is 4.98 Å². The van der Waals surface area contributed by atoms with Gasteiger partial charge in [-0.05, 0) is 55.6 Å². The van der Waals surface area contributed by atoms with E-state index in [-0.39, 0.29) is 0 Å². The molecule has 0 aromatic carbocycles. The Morgan fingerprint density at radius 1 is 1.35 bits per heavy atom. The van der Waals surface area contributed by atoms with Crippen LogP contribution in [0.5, 0.6) is 0 Å². The van der Waals surface area contributed by atoms with Gasteiger partial charge in [0.2, 0.25) is 0 Å². The van der Waals surface area contributed by atoms with Crippen molar-refractivity contribution in [2.45, 2.75) is 52.0 Å². The molecule has 1 fully saturated rings. The van der Waals surface area contributed by atoms with Gasteiger partial charge < -0.3 is 10.4 Å². The van der Waals surface area contributed by atoms with E-state index in [4.69, 9.17) is 0 Å². The number of aryl methyl sites for hydroxylation is 2. The minimum atomic E-state index is -0.881. The molecule has 1 aromatic rings. The fourth-order valence-corrected chi connectivity index (χ4v) is 3.49. The zero-order valence-electron chi connectivity index (χ0n) is 12.1. The fourth-order valence-electron chi connectivity index (χ4n) is 3.49. The predicted octanol–water partition coefficient (Wildman–Crippen LogP) is 3.12. The zero-order chi connectivity index (χ0) is 14.3. The Morgan fingerprint density at radius 3 is 2.80 bits per heavy atom. The molecule has 2 aliphatic rings. The second-order valence-corrected chi connectivity index (χ2v) is 6.31. The second kappa shape index (κ2) is 5.08. The molecule has 3 rings (SSSR count). The van der Waals surface area contributed by atoms with Crippen molar-refractivity contribution in [3.63, 3.8) is 0 Å². The number of carboxylic acid groups (broad SMARTS) is 1. The number of nitrogens with one attached hydrogen (secondary N) is 1. The van der Waals surface area contributed by atoms with Crippen LogP contribution in [-0.2, 0) is 12.8 Å². The van der Waals surface area contributed by atoms with Gasteiger partial charge in [-0.1, -0.05) is 13.8 Å². The van der Waals surface area contributed by atoms with Crippen LogP contribution in [0.3, 0.4) is 0 Å². The molecular formula is C16H22N2O2. The highest BCUT2D eigenvalue weighted by molar-refractivity contribution is 5.93. The molecule has 1 heterocycles. The number of anilines is 1. The molecule has 0 aliphatic heterocycles. The number of hydrogen-bond acceptors (Lipinski definition) is 3. The molecule has 4 heteroatoms. The normalized spacial score (nSPS) is 28.4. The lowest BCUT2D eigenvalue weighted by atomic mass is 9.97. The molecule has 0 radical (unpaired) electrons. The topological polar surface area (TPSA) is 62.2 Å². The first-order valence-corrected chi connectivity index (χ1v) is 7.59. The summed E-state index contributed by atoms with van der Waals surface area (Å²) in [4.78, 5) is 16.1. The highest BCUT2D eigenvalue weighted by atomic mass is 16.4. The molecule has 3 unspecified atom stereocenters. The first kappa shape index (κ1) is 13.4. The summed E-state index contributed by atoms with van der Waals surface area (Å²) in [5.74, 6) is 0.944. The number of aromatic nitrogens is 1. The van der Waals surface area contributed by atoms with Crippen LogP contribution in [0.25, 0.3) is 0 Å². The number of carboxylic acids is 1. The van der Waals surface area contributed by atoms with Crippen molar-refractivity contribution in [1.29, 1.82) is 0 Å².